The van der Waals surface area contributed by atoms with Crippen molar-refractivity contribution < 1.29 is 9.84 Å². The molecule has 1 heterocycles. The molecule has 2 heteroatoms. The summed E-state index contributed by atoms with van der Waals surface area (Å²) < 4.78 is 6.80. The van der Waals surface area contributed by atoms with Gasteiger partial charge in [0.1, 0.15) is 0 Å². The van der Waals surface area contributed by atoms with Crippen LogP contribution in [0.15, 0.2) is 0 Å². The molecule has 1 N–H and O–H groups in total. The van der Waals surface area contributed by atoms with Gasteiger partial charge in [0.05, 0.1) is 18.3 Å². The molecule has 0 aromatic carbocycles. The molecule has 5 fully saturated rings. The molecule has 4 saturated carbocycles. The molecule has 11 atom stereocenters. The van der Waals surface area contributed by atoms with E-state index in [1.54, 1.807) is 0 Å². The Morgan fingerprint density at radius 2 is 1.72 bits per heavy atom. The number of aliphatic hydroxyl groups is 1. The van der Waals surface area contributed by atoms with E-state index in [1.807, 2.05) is 0 Å². The Morgan fingerprint density at radius 3 is 2.48 bits per heavy atom. The second kappa shape index (κ2) is 7.22. The zero-order valence-corrected chi connectivity index (χ0v) is 19.7. The van der Waals surface area contributed by atoms with Gasteiger partial charge < -0.3 is 9.84 Å². The predicted molar refractivity (Wildman–Crippen MR) is 119 cm³/mol. The van der Waals surface area contributed by atoms with E-state index in [0.717, 1.165) is 54.3 Å². The number of hydrogen-bond acceptors (Lipinski definition) is 2. The van der Waals surface area contributed by atoms with E-state index in [9.17, 15) is 5.11 Å². The molecule has 166 valence electrons. The van der Waals surface area contributed by atoms with Gasteiger partial charge in [-0.25, -0.2) is 0 Å². The van der Waals surface area contributed by atoms with Gasteiger partial charge in [-0.15, -0.1) is 0 Å². The second-order valence-corrected chi connectivity index (χ2v) is 12.9. The molecule has 0 radical (unpaired) electrons. The Labute approximate surface area is 179 Å². The van der Waals surface area contributed by atoms with Crippen LogP contribution in [0.4, 0.5) is 0 Å². The van der Waals surface area contributed by atoms with Crippen LogP contribution in [-0.4, -0.2) is 23.4 Å². The molecule has 29 heavy (non-hydrogen) atoms. The van der Waals surface area contributed by atoms with Gasteiger partial charge in [0.15, 0.2) is 0 Å². The van der Waals surface area contributed by atoms with Gasteiger partial charge in [-0.2, -0.15) is 0 Å². The number of fused-ring (bicyclic) bond motifs is 7. The Hall–Kier alpha value is -0.0800. The summed E-state index contributed by atoms with van der Waals surface area (Å²) in [4.78, 5) is 0. The van der Waals surface area contributed by atoms with Gasteiger partial charge in [0.2, 0.25) is 0 Å². The highest BCUT2D eigenvalue weighted by molar-refractivity contribution is 5.14. The fourth-order valence-corrected chi connectivity index (χ4v) is 9.75. The van der Waals surface area contributed by atoms with E-state index in [-0.39, 0.29) is 6.10 Å². The summed E-state index contributed by atoms with van der Waals surface area (Å²) in [7, 11) is 0. The van der Waals surface area contributed by atoms with Crippen LogP contribution in [0.5, 0.6) is 0 Å². The topological polar surface area (TPSA) is 29.5 Å². The van der Waals surface area contributed by atoms with Crippen molar-refractivity contribution >= 4 is 0 Å². The maximum atomic E-state index is 10.3. The second-order valence-electron chi connectivity index (χ2n) is 12.9. The first kappa shape index (κ1) is 20.8. The molecule has 2 unspecified atom stereocenters. The number of aliphatic hydroxyl groups excluding tert-OH is 1. The standard InChI is InChI=1S/C27H46O2/c1-16(2)6-9-23-17(3)25-24(29-23)15-22-20-8-7-18-14-19(28)10-12-26(18,4)21(20)11-13-27(22,25)5/h16-25,28H,6-15H2,1-5H3/t17-,18-,19+,20-,21+,22+,23?,24?,25+,26+,27+/m1/s1. The van der Waals surface area contributed by atoms with Gasteiger partial charge in [0, 0.05) is 0 Å². The van der Waals surface area contributed by atoms with Crippen molar-refractivity contribution in [3.63, 3.8) is 0 Å². The molecule has 1 aliphatic heterocycles. The van der Waals surface area contributed by atoms with Crippen molar-refractivity contribution in [2.24, 2.45) is 52.3 Å². The van der Waals surface area contributed by atoms with Gasteiger partial charge in [-0.1, -0.05) is 34.6 Å². The smallest absolute Gasteiger partial charge is 0.0618 e. The normalized spacial score (nSPS) is 56.6. The third-order valence-electron chi connectivity index (χ3n) is 11.3. The van der Waals surface area contributed by atoms with Gasteiger partial charge in [0.25, 0.3) is 0 Å². The summed E-state index contributed by atoms with van der Waals surface area (Å²) in [6.07, 6.45) is 14.0. The van der Waals surface area contributed by atoms with E-state index in [0.29, 0.717) is 23.0 Å². The van der Waals surface area contributed by atoms with Crippen LogP contribution in [0.1, 0.15) is 98.8 Å². The summed E-state index contributed by atoms with van der Waals surface area (Å²) in [6.45, 7) is 12.5. The summed E-state index contributed by atoms with van der Waals surface area (Å²) in [6, 6.07) is 0. The SMILES string of the molecule is CC(C)CCC1OC2C[C@H]3[C@@H]4CC[C@@H]5C[C@@H](O)CC[C@]5(C)[C@H]4CC[C@]3(C)[C@H]2[C@@H]1C. The lowest BCUT2D eigenvalue weighted by Gasteiger charge is -2.61. The first-order valence-electron chi connectivity index (χ1n) is 13.1. The summed E-state index contributed by atoms with van der Waals surface area (Å²) in [5, 5.41) is 10.3. The van der Waals surface area contributed by atoms with Gasteiger partial charge in [-0.3, -0.25) is 0 Å². The minimum Gasteiger partial charge on any atom is -0.393 e. The molecule has 0 spiro atoms. The largest absolute Gasteiger partial charge is 0.393 e. The van der Waals surface area contributed by atoms with Crippen LogP contribution in [0, 0.1) is 52.3 Å². The summed E-state index contributed by atoms with van der Waals surface area (Å²) in [5.41, 5.74) is 1.00. The van der Waals surface area contributed by atoms with Crippen LogP contribution in [0.3, 0.4) is 0 Å². The van der Waals surface area contributed by atoms with E-state index in [2.05, 4.69) is 34.6 Å². The minimum absolute atomic E-state index is 0.0265. The van der Waals surface area contributed by atoms with E-state index < -0.39 is 0 Å². The van der Waals surface area contributed by atoms with Crippen molar-refractivity contribution in [1.29, 1.82) is 0 Å². The highest BCUT2D eigenvalue weighted by Crippen LogP contribution is 2.70. The van der Waals surface area contributed by atoms with Crippen molar-refractivity contribution in [3.8, 4) is 0 Å². The lowest BCUT2D eigenvalue weighted by Crippen LogP contribution is -2.54. The summed E-state index contributed by atoms with van der Waals surface area (Å²) in [5.74, 6) is 5.79. The Bertz CT molecular complexity index is 616. The van der Waals surface area contributed by atoms with E-state index >= 15 is 0 Å². The molecule has 0 bridgehead atoms. The molecule has 2 nitrogen and oxygen atoms in total. The third-order valence-corrected chi connectivity index (χ3v) is 11.3. The van der Waals surface area contributed by atoms with E-state index in [4.69, 9.17) is 4.74 Å². The quantitative estimate of drug-likeness (QED) is 0.587. The lowest BCUT2D eigenvalue weighted by atomic mass is 9.44. The molecule has 0 aromatic heterocycles. The van der Waals surface area contributed by atoms with Gasteiger partial charge >= 0.3 is 0 Å². The van der Waals surface area contributed by atoms with Crippen LogP contribution in [0.2, 0.25) is 0 Å². The average molecular weight is 403 g/mol. The van der Waals surface area contributed by atoms with Gasteiger partial charge in [-0.05, 0) is 116 Å². The zero-order chi connectivity index (χ0) is 20.6. The Balaban J connectivity index is 1.35. The predicted octanol–water partition coefficient (Wildman–Crippen LogP) is 6.46. The van der Waals surface area contributed by atoms with Crippen LogP contribution in [0.25, 0.3) is 0 Å². The van der Waals surface area contributed by atoms with Crippen molar-refractivity contribution in [2.75, 3.05) is 0 Å². The monoisotopic (exact) mass is 402 g/mol. The molecule has 1 saturated heterocycles. The highest BCUT2D eigenvalue weighted by Gasteiger charge is 2.65. The molecule has 5 aliphatic rings. The van der Waals surface area contributed by atoms with Crippen LogP contribution >= 0.6 is 0 Å². The fourth-order valence-electron chi connectivity index (χ4n) is 9.75. The zero-order valence-electron chi connectivity index (χ0n) is 19.7. The Kier molecular flexibility index (Phi) is 5.18. The maximum absolute atomic E-state index is 10.3. The molecule has 5 rings (SSSR count). The minimum atomic E-state index is -0.0265. The first-order chi connectivity index (χ1) is 13.7. The van der Waals surface area contributed by atoms with Crippen molar-refractivity contribution in [1.82, 2.24) is 0 Å². The highest BCUT2D eigenvalue weighted by atomic mass is 16.5. The van der Waals surface area contributed by atoms with Crippen molar-refractivity contribution in [3.05, 3.63) is 0 Å². The van der Waals surface area contributed by atoms with Crippen LogP contribution < -0.4 is 0 Å². The van der Waals surface area contributed by atoms with Crippen LogP contribution in [-0.2, 0) is 4.74 Å². The number of ether oxygens (including phenoxy) is 1. The molecule has 0 aromatic rings. The van der Waals surface area contributed by atoms with Crippen molar-refractivity contribution in [2.45, 2.75) is 117 Å². The molecule has 4 aliphatic carbocycles. The lowest BCUT2D eigenvalue weighted by molar-refractivity contribution is -0.130. The molecule has 0 amide bonds. The third kappa shape index (κ3) is 3.09. The summed E-state index contributed by atoms with van der Waals surface area (Å²) >= 11 is 0. The molecular formula is C27H46O2. The van der Waals surface area contributed by atoms with E-state index in [1.165, 1.54) is 51.4 Å². The fraction of sp³-hybridized carbons (Fsp3) is 1.00. The first-order valence-corrected chi connectivity index (χ1v) is 13.1. The maximum Gasteiger partial charge on any atom is 0.0618 e. The molecular weight excluding hydrogens is 356 g/mol. The Morgan fingerprint density at radius 1 is 0.966 bits per heavy atom. The number of rotatable bonds is 3. The number of hydrogen-bond donors (Lipinski definition) is 1. The average Bonchev–Trinajstić information content (AvgIpc) is 3.14.